The number of anilines is 2. The van der Waals surface area contributed by atoms with Crippen LogP contribution in [0.15, 0.2) is 48.8 Å². The highest BCUT2D eigenvalue weighted by molar-refractivity contribution is 6.09. The molecule has 5 rings (SSSR count). The average molecular weight is 476 g/mol. The summed E-state index contributed by atoms with van der Waals surface area (Å²) < 4.78 is 6.99. The molecule has 3 heterocycles. The van der Waals surface area contributed by atoms with Crippen molar-refractivity contribution < 1.29 is 14.3 Å². The van der Waals surface area contributed by atoms with Crippen molar-refractivity contribution in [2.45, 2.75) is 38.6 Å². The second-order valence-corrected chi connectivity index (χ2v) is 10.3. The molecule has 0 radical (unpaired) electrons. The Balaban J connectivity index is 1.37. The Labute approximate surface area is 203 Å². The molecule has 2 amide bonds. The van der Waals surface area contributed by atoms with Gasteiger partial charge in [0.15, 0.2) is 0 Å². The van der Waals surface area contributed by atoms with Gasteiger partial charge in [-0.15, -0.1) is 5.10 Å². The van der Waals surface area contributed by atoms with Crippen LogP contribution in [0.5, 0.6) is 5.75 Å². The van der Waals surface area contributed by atoms with E-state index in [1.165, 1.54) is 18.1 Å². The largest absolute Gasteiger partial charge is 0.494 e. The van der Waals surface area contributed by atoms with E-state index >= 15 is 0 Å². The molecule has 182 valence electrons. The topological polar surface area (TPSA) is 114 Å². The van der Waals surface area contributed by atoms with Gasteiger partial charge in [0.2, 0.25) is 11.8 Å². The van der Waals surface area contributed by atoms with E-state index in [0.717, 1.165) is 11.3 Å². The maximum absolute atomic E-state index is 13.8. The van der Waals surface area contributed by atoms with Crippen LogP contribution in [-0.2, 0) is 15.0 Å². The fraction of sp³-hybridized carbons (Fsp3) is 0.400. The summed E-state index contributed by atoms with van der Waals surface area (Å²) in [5.41, 5.74) is 2.36. The fourth-order valence-electron chi connectivity index (χ4n) is 5.00. The van der Waals surface area contributed by atoms with Crippen molar-refractivity contribution in [3.8, 4) is 11.4 Å². The summed E-state index contributed by atoms with van der Waals surface area (Å²) in [6, 6.07) is 12.7. The number of carbonyl (C=O) groups excluding carboxylic acids is 2. The minimum Gasteiger partial charge on any atom is -0.494 e. The first-order valence-electron chi connectivity index (χ1n) is 11.6. The molecule has 1 aromatic heterocycles. The van der Waals surface area contributed by atoms with E-state index in [1.807, 2.05) is 29.2 Å². The Morgan fingerprint density at radius 3 is 2.77 bits per heavy atom. The van der Waals surface area contributed by atoms with E-state index < -0.39 is 11.5 Å². The number of fused-ring (bicyclic) bond motifs is 2. The SMILES string of the molecule is COc1cc(-n2cnnn2)ccc1NC(=O)C1CC2(CN1)C(=O)N(CC(C)(C)C)c1ccccc12. The normalized spacial score (nSPS) is 21.4. The molecule has 2 aliphatic rings. The molecule has 2 unspecified atom stereocenters. The predicted octanol–water partition coefficient (Wildman–Crippen LogP) is 2.30. The van der Waals surface area contributed by atoms with Gasteiger partial charge in [-0.1, -0.05) is 39.0 Å². The van der Waals surface area contributed by atoms with Gasteiger partial charge in [-0.3, -0.25) is 9.59 Å². The monoisotopic (exact) mass is 475 g/mol. The number of hydrogen-bond acceptors (Lipinski definition) is 7. The van der Waals surface area contributed by atoms with Crippen molar-refractivity contribution in [1.29, 1.82) is 0 Å². The van der Waals surface area contributed by atoms with E-state index in [0.29, 0.717) is 36.6 Å². The molecule has 35 heavy (non-hydrogen) atoms. The van der Waals surface area contributed by atoms with Crippen LogP contribution in [0, 0.1) is 5.41 Å². The number of hydrogen-bond donors (Lipinski definition) is 2. The van der Waals surface area contributed by atoms with Crippen molar-refractivity contribution in [3.05, 3.63) is 54.4 Å². The highest BCUT2D eigenvalue weighted by Crippen LogP contribution is 2.47. The van der Waals surface area contributed by atoms with E-state index in [9.17, 15) is 9.59 Å². The Hall–Kier alpha value is -3.79. The zero-order valence-corrected chi connectivity index (χ0v) is 20.3. The molecule has 1 fully saturated rings. The van der Waals surface area contributed by atoms with E-state index in [-0.39, 0.29) is 17.2 Å². The Morgan fingerprint density at radius 2 is 2.06 bits per heavy atom. The van der Waals surface area contributed by atoms with Crippen LogP contribution in [0.25, 0.3) is 5.69 Å². The summed E-state index contributed by atoms with van der Waals surface area (Å²) in [7, 11) is 1.54. The Kier molecular flexibility index (Phi) is 5.55. The molecule has 3 aromatic rings. The van der Waals surface area contributed by atoms with Gasteiger partial charge in [-0.05, 0) is 46.0 Å². The fourth-order valence-corrected chi connectivity index (χ4v) is 5.00. The number of amides is 2. The van der Waals surface area contributed by atoms with Crippen molar-refractivity contribution in [2.75, 3.05) is 30.4 Å². The highest BCUT2D eigenvalue weighted by atomic mass is 16.5. The van der Waals surface area contributed by atoms with E-state index in [2.05, 4.69) is 46.9 Å². The first-order valence-corrected chi connectivity index (χ1v) is 11.6. The maximum Gasteiger partial charge on any atom is 0.241 e. The lowest BCUT2D eigenvalue weighted by atomic mass is 9.79. The van der Waals surface area contributed by atoms with Gasteiger partial charge >= 0.3 is 0 Å². The van der Waals surface area contributed by atoms with Crippen LogP contribution in [0.3, 0.4) is 0 Å². The van der Waals surface area contributed by atoms with Crippen molar-refractivity contribution in [3.63, 3.8) is 0 Å². The van der Waals surface area contributed by atoms with Gasteiger partial charge in [0.1, 0.15) is 12.1 Å². The molecule has 1 spiro atoms. The zero-order valence-electron chi connectivity index (χ0n) is 20.3. The average Bonchev–Trinajstić information content (AvgIpc) is 3.57. The Morgan fingerprint density at radius 1 is 1.26 bits per heavy atom. The van der Waals surface area contributed by atoms with Crippen LogP contribution < -0.4 is 20.3 Å². The smallest absolute Gasteiger partial charge is 0.241 e. The molecular formula is C25H29N7O3. The van der Waals surface area contributed by atoms with Crippen molar-refractivity contribution in [2.24, 2.45) is 5.41 Å². The van der Waals surface area contributed by atoms with Gasteiger partial charge in [0, 0.05) is 24.8 Å². The number of rotatable bonds is 5. The minimum atomic E-state index is -0.752. The predicted molar refractivity (Wildman–Crippen MR) is 131 cm³/mol. The highest BCUT2D eigenvalue weighted by Gasteiger charge is 2.56. The number of ether oxygens (including phenoxy) is 1. The molecular weight excluding hydrogens is 446 g/mol. The number of benzene rings is 2. The molecule has 1 saturated heterocycles. The quantitative estimate of drug-likeness (QED) is 0.582. The molecule has 2 atom stereocenters. The number of para-hydroxylation sites is 1. The summed E-state index contributed by atoms with van der Waals surface area (Å²) in [5.74, 6) is 0.326. The summed E-state index contributed by atoms with van der Waals surface area (Å²) in [6.07, 6.45) is 1.87. The lowest BCUT2D eigenvalue weighted by Gasteiger charge is -2.29. The molecule has 0 saturated carbocycles. The maximum atomic E-state index is 13.8. The van der Waals surface area contributed by atoms with E-state index in [4.69, 9.17) is 4.74 Å². The lowest BCUT2D eigenvalue weighted by Crippen LogP contribution is -2.44. The summed E-state index contributed by atoms with van der Waals surface area (Å²) in [4.78, 5) is 28.9. The van der Waals surface area contributed by atoms with Crippen LogP contribution in [-0.4, -0.2) is 58.3 Å². The summed E-state index contributed by atoms with van der Waals surface area (Å²) >= 11 is 0. The second-order valence-electron chi connectivity index (χ2n) is 10.3. The first-order chi connectivity index (χ1) is 16.7. The number of aromatic nitrogens is 4. The molecule has 0 bridgehead atoms. The van der Waals surface area contributed by atoms with Gasteiger partial charge in [0.05, 0.1) is 29.9 Å². The number of tetrazole rings is 1. The molecule has 0 aliphatic carbocycles. The third-order valence-corrected chi connectivity index (χ3v) is 6.57. The van der Waals surface area contributed by atoms with Crippen molar-refractivity contribution in [1.82, 2.24) is 25.5 Å². The molecule has 2 N–H and O–H groups in total. The third-order valence-electron chi connectivity index (χ3n) is 6.57. The molecule has 2 aromatic carbocycles. The first kappa shape index (κ1) is 23.0. The van der Waals surface area contributed by atoms with Crippen molar-refractivity contribution >= 4 is 23.2 Å². The van der Waals surface area contributed by atoms with Crippen LogP contribution >= 0.6 is 0 Å². The Bertz CT molecular complexity index is 1270. The minimum absolute atomic E-state index is 0.0534. The molecule has 2 aliphatic heterocycles. The van der Waals surface area contributed by atoms with E-state index in [1.54, 1.807) is 18.2 Å². The van der Waals surface area contributed by atoms with Gasteiger partial charge in [-0.25, -0.2) is 4.68 Å². The molecule has 10 heteroatoms. The second kappa shape index (κ2) is 8.46. The van der Waals surface area contributed by atoms with Crippen LogP contribution in [0.2, 0.25) is 0 Å². The third kappa shape index (κ3) is 4.03. The zero-order chi connectivity index (χ0) is 24.8. The van der Waals surface area contributed by atoms with Gasteiger partial charge in [0.25, 0.3) is 0 Å². The summed E-state index contributed by atoms with van der Waals surface area (Å²) in [5, 5.41) is 17.4. The summed E-state index contributed by atoms with van der Waals surface area (Å²) in [6.45, 7) is 7.39. The standard InChI is InChI=1S/C25H29N7O3/c1-24(2,3)14-31-20-8-6-5-7-17(20)25(23(31)34)12-19(26-13-25)22(33)28-18-10-9-16(11-21(18)35-4)32-15-27-29-30-32/h5-11,15,19,26H,12-14H2,1-4H3,(H,28,33). The van der Waals surface area contributed by atoms with Gasteiger partial charge < -0.3 is 20.3 Å². The van der Waals surface area contributed by atoms with Crippen LogP contribution in [0.1, 0.15) is 32.8 Å². The molecule has 10 nitrogen and oxygen atoms in total. The lowest BCUT2D eigenvalue weighted by molar-refractivity contribution is -0.123. The number of carbonyl (C=O) groups is 2. The number of nitrogens with zero attached hydrogens (tertiary/aromatic N) is 5. The van der Waals surface area contributed by atoms with Gasteiger partial charge in [-0.2, -0.15) is 0 Å². The number of nitrogens with one attached hydrogen (secondary N) is 2. The van der Waals surface area contributed by atoms with Crippen LogP contribution in [0.4, 0.5) is 11.4 Å². The number of methoxy groups -OCH3 is 1.